The summed E-state index contributed by atoms with van der Waals surface area (Å²) in [6.07, 6.45) is 6.00. The number of hydrogen-bond donors (Lipinski definition) is 2. The Morgan fingerprint density at radius 3 is 2.50 bits per heavy atom. The molecule has 6 rings (SSSR count). The summed E-state index contributed by atoms with van der Waals surface area (Å²) in [7, 11) is 0. The van der Waals surface area contributed by atoms with Crippen LogP contribution in [0.1, 0.15) is 63.0 Å². The van der Waals surface area contributed by atoms with Crippen molar-refractivity contribution in [2.24, 2.45) is 34.3 Å². The Morgan fingerprint density at radius 2 is 1.84 bits per heavy atom. The molecule has 3 amide bonds. The maximum Gasteiger partial charge on any atom is 0.238 e. The molecular weight excluding hydrogens is 402 g/mol. The molecule has 1 saturated heterocycles. The van der Waals surface area contributed by atoms with Gasteiger partial charge in [0.1, 0.15) is 5.41 Å². The summed E-state index contributed by atoms with van der Waals surface area (Å²) < 4.78 is 0. The molecular formula is C26H35N3O3. The minimum absolute atomic E-state index is 0.0582. The quantitative estimate of drug-likeness (QED) is 0.694. The second kappa shape index (κ2) is 7.60. The number of nitrogens with two attached hydrogens (primary N) is 1. The van der Waals surface area contributed by atoms with Crippen molar-refractivity contribution >= 4 is 17.7 Å². The van der Waals surface area contributed by atoms with Gasteiger partial charge in [0.05, 0.1) is 0 Å². The van der Waals surface area contributed by atoms with Crippen LogP contribution < -0.4 is 11.1 Å². The van der Waals surface area contributed by atoms with Crippen molar-refractivity contribution in [2.75, 3.05) is 6.54 Å². The molecule has 172 valence electrons. The predicted molar refractivity (Wildman–Crippen MR) is 121 cm³/mol. The fourth-order valence-electron chi connectivity index (χ4n) is 7.41. The number of nitrogens with zero attached hydrogens (tertiary/aromatic N) is 1. The maximum absolute atomic E-state index is 13.6. The molecule has 4 unspecified atom stereocenters. The first-order valence-corrected chi connectivity index (χ1v) is 12.2. The zero-order valence-corrected chi connectivity index (χ0v) is 19.2. The standard InChI is InChI=1S/C26H35N3O3/c1-16-6-3-4-7-18(16)15-29-9-5-8-25(2,24(29)32)23(31)28-21-19-10-17-11-20(21)14-26(12-17,13-19)22(27)30/h3-4,6-7,17,19-21H,5,8-15H2,1-2H3,(H2,27,30)(H,28,31)/t17?,19-,20+,21?,25?,26?. The van der Waals surface area contributed by atoms with Crippen LogP contribution in [-0.4, -0.2) is 35.2 Å². The number of nitrogens with one attached hydrogen (secondary N) is 1. The highest BCUT2D eigenvalue weighted by atomic mass is 16.2. The molecule has 6 heteroatoms. The lowest BCUT2D eigenvalue weighted by atomic mass is 9.47. The van der Waals surface area contributed by atoms with Crippen LogP contribution in [0.5, 0.6) is 0 Å². The lowest BCUT2D eigenvalue weighted by Crippen LogP contribution is -2.64. The van der Waals surface area contributed by atoms with Crippen molar-refractivity contribution < 1.29 is 14.4 Å². The Balaban J connectivity index is 1.30. The van der Waals surface area contributed by atoms with Gasteiger partial charge in [-0.1, -0.05) is 24.3 Å². The topological polar surface area (TPSA) is 92.5 Å². The van der Waals surface area contributed by atoms with Gasteiger partial charge in [-0.2, -0.15) is 0 Å². The number of piperidine rings is 1. The van der Waals surface area contributed by atoms with Crippen LogP contribution in [0.4, 0.5) is 0 Å². The Morgan fingerprint density at radius 1 is 1.16 bits per heavy atom. The van der Waals surface area contributed by atoms with Gasteiger partial charge in [-0.05, 0) is 87.7 Å². The first kappa shape index (κ1) is 21.5. The zero-order valence-electron chi connectivity index (χ0n) is 19.2. The molecule has 1 aromatic carbocycles. The molecule has 5 fully saturated rings. The van der Waals surface area contributed by atoms with Crippen molar-refractivity contribution in [3.63, 3.8) is 0 Å². The van der Waals surface area contributed by atoms with Crippen LogP contribution in [0, 0.1) is 35.5 Å². The number of aryl methyl sites for hydroxylation is 1. The van der Waals surface area contributed by atoms with Gasteiger partial charge in [0.25, 0.3) is 0 Å². The molecule has 1 heterocycles. The smallest absolute Gasteiger partial charge is 0.238 e. The number of rotatable bonds is 5. The summed E-state index contributed by atoms with van der Waals surface area (Å²) in [5.41, 5.74) is 6.70. The number of carbonyl (C=O) groups excluding carboxylic acids is 3. The van der Waals surface area contributed by atoms with Crippen molar-refractivity contribution in [1.82, 2.24) is 10.2 Å². The summed E-state index contributed by atoms with van der Waals surface area (Å²) in [6, 6.07) is 8.16. The van der Waals surface area contributed by atoms with E-state index in [2.05, 4.69) is 24.4 Å². The third-order valence-corrected chi connectivity index (χ3v) is 9.08. The number of amides is 3. The first-order valence-electron chi connectivity index (χ1n) is 12.2. The van der Waals surface area contributed by atoms with E-state index < -0.39 is 5.41 Å². The molecule has 6 nitrogen and oxygen atoms in total. The second-order valence-corrected chi connectivity index (χ2v) is 11.2. The van der Waals surface area contributed by atoms with E-state index in [-0.39, 0.29) is 29.2 Å². The predicted octanol–water partition coefficient (Wildman–Crippen LogP) is 2.92. The van der Waals surface area contributed by atoms with Crippen LogP contribution in [-0.2, 0) is 20.9 Å². The molecule has 0 aromatic heterocycles. The highest BCUT2D eigenvalue weighted by molar-refractivity contribution is 6.05. The van der Waals surface area contributed by atoms with Gasteiger partial charge in [-0.15, -0.1) is 0 Å². The molecule has 1 aromatic rings. The molecule has 0 spiro atoms. The van der Waals surface area contributed by atoms with Gasteiger partial charge in [0.2, 0.25) is 17.7 Å². The van der Waals surface area contributed by atoms with E-state index in [1.165, 1.54) is 0 Å². The highest BCUT2D eigenvalue weighted by Gasteiger charge is 2.59. The lowest BCUT2D eigenvalue weighted by molar-refractivity contribution is -0.157. The summed E-state index contributed by atoms with van der Waals surface area (Å²) in [5, 5.41) is 3.32. The Labute approximate surface area is 190 Å². The molecule has 0 radical (unpaired) electrons. The van der Waals surface area contributed by atoms with Crippen LogP contribution >= 0.6 is 0 Å². The van der Waals surface area contributed by atoms with E-state index in [0.717, 1.165) is 49.7 Å². The van der Waals surface area contributed by atoms with Crippen molar-refractivity contribution in [2.45, 2.75) is 71.4 Å². The summed E-state index contributed by atoms with van der Waals surface area (Å²) >= 11 is 0. The van der Waals surface area contributed by atoms with Crippen molar-refractivity contribution in [1.29, 1.82) is 0 Å². The molecule has 5 aliphatic rings. The van der Waals surface area contributed by atoms with Crippen LogP contribution in [0.3, 0.4) is 0 Å². The van der Waals surface area contributed by atoms with E-state index in [0.29, 0.717) is 37.3 Å². The second-order valence-electron chi connectivity index (χ2n) is 11.2. The number of benzene rings is 1. The first-order chi connectivity index (χ1) is 15.2. The summed E-state index contributed by atoms with van der Waals surface area (Å²) in [5.74, 6) is 0.767. The minimum Gasteiger partial charge on any atom is -0.369 e. The molecule has 3 N–H and O–H groups in total. The van der Waals surface area contributed by atoms with Gasteiger partial charge in [0.15, 0.2) is 0 Å². The van der Waals surface area contributed by atoms with E-state index >= 15 is 0 Å². The molecule has 32 heavy (non-hydrogen) atoms. The number of likely N-dealkylation sites (tertiary alicyclic amines) is 1. The van der Waals surface area contributed by atoms with Crippen LogP contribution in [0.25, 0.3) is 0 Å². The number of carbonyl (C=O) groups is 3. The van der Waals surface area contributed by atoms with Crippen molar-refractivity contribution in [3.05, 3.63) is 35.4 Å². The van der Waals surface area contributed by atoms with Gasteiger partial charge in [0, 0.05) is 24.5 Å². The zero-order chi connectivity index (χ0) is 22.7. The maximum atomic E-state index is 13.6. The Kier molecular flexibility index (Phi) is 5.10. The van der Waals surface area contributed by atoms with Crippen molar-refractivity contribution in [3.8, 4) is 0 Å². The Bertz CT molecular complexity index is 943. The van der Waals surface area contributed by atoms with Crippen LogP contribution in [0.15, 0.2) is 24.3 Å². The largest absolute Gasteiger partial charge is 0.369 e. The fraction of sp³-hybridized carbons (Fsp3) is 0.654. The SMILES string of the molecule is Cc1ccccc1CN1CCCC(C)(C(=O)NC2[C@@H]3CC4C[C@H]2CC(C(N)=O)(C4)C3)C1=O. The van der Waals surface area contributed by atoms with Gasteiger partial charge < -0.3 is 16.0 Å². The van der Waals surface area contributed by atoms with E-state index in [4.69, 9.17) is 5.73 Å². The third kappa shape index (κ3) is 3.34. The summed E-state index contributed by atoms with van der Waals surface area (Å²) in [6.45, 7) is 5.11. The van der Waals surface area contributed by atoms with E-state index in [9.17, 15) is 14.4 Å². The van der Waals surface area contributed by atoms with Gasteiger partial charge in [-0.25, -0.2) is 0 Å². The average molecular weight is 438 g/mol. The third-order valence-electron chi connectivity index (χ3n) is 9.08. The molecule has 4 saturated carbocycles. The number of primary amides is 1. The van der Waals surface area contributed by atoms with E-state index in [1.54, 1.807) is 0 Å². The molecule has 4 aliphatic carbocycles. The summed E-state index contributed by atoms with van der Waals surface area (Å²) in [4.78, 5) is 41.1. The lowest BCUT2D eigenvalue weighted by Gasteiger charge is -2.59. The fourth-order valence-corrected chi connectivity index (χ4v) is 7.41. The highest BCUT2D eigenvalue weighted by Crippen LogP contribution is 2.60. The molecule has 4 bridgehead atoms. The molecule has 6 atom stereocenters. The average Bonchev–Trinajstić information content (AvgIpc) is 2.75. The van der Waals surface area contributed by atoms with Gasteiger partial charge in [-0.3, -0.25) is 14.4 Å². The normalized spacial score (nSPS) is 38.1. The minimum atomic E-state index is -1.03. The Hall–Kier alpha value is -2.37. The van der Waals surface area contributed by atoms with Gasteiger partial charge >= 0.3 is 0 Å². The van der Waals surface area contributed by atoms with E-state index in [1.807, 2.05) is 24.0 Å². The molecule has 1 aliphatic heterocycles. The monoisotopic (exact) mass is 437 g/mol. The number of hydrogen-bond acceptors (Lipinski definition) is 3. The van der Waals surface area contributed by atoms with Crippen LogP contribution in [0.2, 0.25) is 0 Å².